The predicted octanol–water partition coefficient (Wildman–Crippen LogP) is 5.86. The minimum atomic E-state index is -1.30. The molecule has 0 bridgehead atoms. The maximum absolute atomic E-state index is 13.8. The number of aromatic amines is 1. The molecule has 10 heteroatoms. The largest absolute Gasteiger partial charge is 0.489 e. The fourth-order valence-electron chi connectivity index (χ4n) is 2.87. The van der Waals surface area contributed by atoms with Gasteiger partial charge in [0.1, 0.15) is 18.2 Å². The maximum atomic E-state index is 13.8. The quantitative estimate of drug-likeness (QED) is 0.336. The van der Waals surface area contributed by atoms with Gasteiger partial charge in [-0.1, -0.05) is 17.7 Å². The van der Waals surface area contributed by atoms with E-state index in [-0.39, 0.29) is 11.6 Å². The molecule has 0 aliphatic heterocycles. The van der Waals surface area contributed by atoms with Gasteiger partial charge in [-0.2, -0.15) is 5.10 Å². The Bertz CT molecular complexity index is 1280. The second-order valence-electron chi connectivity index (χ2n) is 6.48. The highest BCUT2D eigenvalue weighted by Crippen LogP contribution is 2.27. The number of anilines is 2. The summed E-state index contributed by atoms with van der Waals surface area (Å²) in [6.07, 6.45) is 0. The Morgan fingerprint density at radius 3 is 2.65 bits per heavy atom. The van der Waals surface area contributed by atoms with Gasteiger partial charge < -0.3 is 10.1 Å². The SMILES string of the molecule is O=C(Nc1cccc(Cl)c1)Nc1n[nH]c2ccc(OCc3c(F)ccc(F)c3F)cc12. The summed E-state index contributed by atoms with van der Waals surface area (Å²) in [7, 11) is 0. The zero-order chi connectivity index (χ0) is 22.0. The summed E-state index contributed by atoms with van der Waals surface area (Å²) >= 11 is 5.90. The fourth-order valence-corrected chi connectivity index (χ4v) is 3.06. The molecule has 1 aromatic heterocycles. The number of H-pyrrole nitrogens is 1. The maximum Gasteiger partial charge on any atom is 0.324 e. The lowest BCUT2D eigenvalue weighted by molar-refractivity contribution is 0.262. The minimum absolute atomic E-state index is 0.211. The van der Waals surface area contributed by atoms with Crippen molar-refractivity contribution in [2.75, 3.05) is 10.6 Å². The number of nitrogens with one attached hydrogen (secondary N) is 3. The highest BCUT2D eigenvalue weighted by Gasteiger charge is 2.15. The molecule has 3 N–H and O–H groups in total. The van der Waals surface area contributed by atoms with Gasteiger partial charge in [-0.25, -0.2) is 18.0 Å². The van der Waals surface area contributed by atoms with Gasteiger partial charge in [0, 0.05) is 16.1 Å². The molecular weight excluding hydrogens is 433 g/mol. The summed E-state index contributed by atoms with van der Waals surface area (Å²) in [4.78, 5) is 12.3. The summed E-state index contributed by atoms with van der Waals surface area (Å²) in [6, 6.07) is 12.3. The third-order valence-corrected chi connectivity index (χ3v) is 4.61. The molecular formula is C21H14ClF3N4O2. The lowest BCUT2D eigenvalue weighted by atomic mass is 10.2. The summed E-state index contributed by atoms with van der Waals surface area (Å²) in [5.41, 5.74) is 0.563. The van der Waals surface area contributed by atoms with Crippen molar-refractivity contribution < 1.29 is 22.7 Å². The first-order chi connectivity index (χ1) is 14.9. The average molecular weight is 447 g/mol. The molecule has 0 unspecified atom stereocenters. The molecule has 3 aromatic carbocycles. The molecule has 1 heterocycles. The Morgan fingerprint density at radius 2 is 1.84 bits per heavy atom. The van der Waals surface area contributed by atoms with E-state index in [0.29, 0.717) is 27.7 Å². The van der Waals surface area contributed by atoms with E-state index in [1.807, 2.05) is 0 Å². The van der Waals surface area contributed by atoms with Gasteiger partial charge in [0.05, 0.1) is 11.1 Å². The Hall–Kier alpha value is -3.72. The van der Waals surface area contributed by atoms with E-state index in [1.165, 1.54) is 6.07 Å². The van der Waals surface area contributed by atoms with Gasteiger partial charge in [0.15, 0.2) is 17.5 Å². The van der Waals surface area contributed by atoms with Crippen LogP contribution >= 0.6 is 11.6 Å². The van der Waals surface area contributed by atoms with E-state index in [2.05, 4.69) is 20.8 Å². The standard InChI is InChI=1S/C21H14ClF3N4O2/c22-11-2-1-3-12(8-11)26-21(30)27-20-14-9-13(4-7-18(14)28-29-20)31-10-15-16(23)5-6-17(24)19(15)25/h1-9H,10H2,(H3,26,27,28,29,30). The smallest absolute Gasteiger partial charge is 0.324 e. The molecule has 0 atom stereocenters. The predicted molar refractivity (Wildman–Crippen MR) is 111 cm³/mol. The van der Waals surface area contributed by atoms with Crippen LogP contribution in [0.2, 0.25) is 5.02 Å². The molecule has 4 rings (SSSR count). The molecule has 6 nitrogen and oxygen atoms in total. The molecule has 0 spiro atoms. The lowest BCUT2D eigenvalue weighted by Crippen LogP contribution is -2.19. The zero-order valence-corrected chi connectivity index (χ0v) is 16.4. The number of hydrogen-bond acceptors (Lipinski definition) is 3. The normalized spacial score (nSPS) is 10.8. The Labute approximate surface area is 179 Å². The highest BCUT2D eigenvalue weighted by molar-refractivity contribution is 6.30. The van der Waals surface area contributed by atoms with Crippen LogP contribution in [0.5, 0.6) is 5.75 Å². The van der Waals surface area contributed by atoms with Crippen molar-refractivity contribution in [2.45, 2.75) is 6.61 Å². The second kappa shape index (κ2) is 8.57. The summed E-state index contributed by atoms with van der Waals surface area (Å²) < 4.78 is 46.4. The van der Waals surface area contributed by atoms with Crippen molar-refractivity contribution >= 4 is 40.0 Å². The molecule has 31 heavy (non-hydrogen) atoms. The van der Waals surface area contributed by atoms with E-state index < -0.39 is 35.7 Å². The van der Waals surface area contributed by atoms with Gasteiger partial charge in [0.2, 0.25) is 0 Å². The number of nitrogens with zero attached hydrogens (tertiary/aromatic N) is 1. The van der Waals surface area contributed by atoms with Crippen LogP contribution in [0.3, 0.4) is 0 Å². The van der Waals surface area contributed by atoms with Crippen molar-refractivity contribution in [2.24, 2.45) is 0 Å². The van der Waals surface area contributed by atoms with Crippen molar-refractivity contribution in [3.63, 3.8) is 0 Å². The number of hydrogen-bond donors (Lipinski definition) is 3. The number of amides is 2. The molecule has 0 saturated carbocycles. The number of fused-ring (bicyclic) bond motifs is 1. The molecule has 158 valence electrons. The van der Waals surface area contributed by atoms with Crippen LogP contribution in [0.4, 0.5) is 29.5 Å². The monoisotopic (exact) mass is 446 g/mol. The van der Waals surface area contributed by atoms with Crippen LogP contribution in [-0.2, 0) is 6.61 Å². The topological polar surface area (TPSA) is 79.0 Å². The first-order valence-electron chi connectivity index (χ1n) is 8.97. The molecule has 0 aliphatic rings. The molecule has 0 radical (unpaired) electrons. The van der Waals surface area contributed by atoms with E-state index in [1.54, 1.807) is 36.4 Å². The summed E-state index contributed by atoms with van der Waals surface area (Å²) in [6.45, 7) is -0.517. The van der Waals surface area contributed by atoms with Gasteiger partial charge in [-0.05, 0) is 48.5 Å². The summed E-state index contributed by atoms with van der Waals surface area (Å²) in [5, 5.41) is 13.0. The molecule has 2 amide bonds. The van der Waals surface area contributed by atoms with E-state index >= 15 is 0 Å². The van der Waals surface area contributed by atoms with E-state index in [0.717, 1.165) is 6.07 Å². The number of ether oxygens (including phenoxy) is 1. The number of rotatable bonds is 5. The van der Waals surface area contributed by atoms with Gasteiger partial charge in [0.25, 0.3) is 0 Å². The molecule has 0 aliphatic carbocycles. The summed E-state index contributed by atoms with van der Waals surface area (Å²) in [5.74, 6) is -2.92. The van der Waals surface area contributed by atoms with Crippen molar-refractivity contribution in [1.82, 2.24) is 10.2 Å². The van der Waals surface area contributed by atoms with Crippen molar-refractivity contribution in [3.05, 3.63) is 82.6 Å². The number of carbonyl (C=O) groups is 1. The Balaban J connectivity index is 1.50. The van der Waals surface area contributed by atoms with Crippen LogP contribution in [0, 0.1) is 17.5 Å². The Morgan fingerprint density at radius 1 is 1.03 bits per heavy atom. The number of aromatic nitrogens is 2. The van der Waals surface area contributed by atoms with Crippen LogP contribution in [0.25, 0.3) is 10.9 Å². The van der Waals surface area contributed by atoms with Gasteiger partial charge in [-0.3, -0.25) is 10.4 Å². The average Bonchev–Trinajstić information content (AvgIpc) is 3.13. The van der Waals surface area contributed by atoms with E-state index in [9.17, 15) is 18.0 Å². The van der Waals surface area contributed by atoms with Crippen LogP contribution in [0.15, 0.2) is 54.6 Å². The van der Waals surface area contributed by atoms with Crippen LogP contribution < -0.4 is 15.4 Å². The first kappa shape index (κ1) is 20.5. The lowest BCUT2D eigenvalue weighted by Gasteiger charge is -2.09. The van der Waals surface area contributed by atoms with Crippen LogP contribution in [0.1, 0.15) is 5.56 Å². The third kappa shape index (κ3) is 4.56. The number of halogens is 4. The Kier molecular flexibility index (Phi) is 5.68. The van der Waals surface area contributed by atoms with Crippen molar-refractivity contribution in [3.8, 4) is 5.75 Å². The zero-order valence-electron chi connectivity index (χ0n) is 15.7. The second-order valence-corrected chi connectivity index (χ2v) is 6.92. The third-order valence-electron chi connectivity index (χ3n) is 4.37. The molecule has 0 fully saturated rings. The van der Waals surface area contributed by atoms with Gasteiger partial charge >= 0.3 is 6.03 Å². The fraction of sp³-hybridized carbons (Fsp3) is 0.0476. The number of urea groups is 1. The van der Waals surface area contributed by atoms with Crippen molar-refractivity contribution in [1.29, 1.82) is 0 Å². The molecule has 0 saturated heterocycles. The van der Waals surface area contributed by atoms with E-state index in [4.69, 9.17) is 16.3 Å². The van der Waals surface area contributed by atoms with Crippen LogP contribution in [-0.4, -0.2) is 16.2 Å². The molecule has 4 aromatic rings. The first-order valence-corrected chi connectivity index (χ1v) is 9.35. The minimum Gasteiger partial charge on any atom is -0.489 e. The number of benzene rings is 3. The van der Waals surface area contributed by atoms with Gasteiger partial charge in [-0.15, -0.1) is 0 Å². The number of carbonyl (C=O) groups excluding carboxylic acids is 1. The highest BCUT2D eigenvalue weighted by atomic mass is 35.5.